The summed E-state index contributed by atoms with van der Waals surface area (Å²) in [5.74, 6) is 0.289. The van der Waals surface area contributed by atoms with Gasteiger partial charge in [0.05, 0.1) is 11.9 Å². The molecule has 31 heavy (non-hydrogen) atoms. The number of fused-ring (bicyclic) bond motifs is 1. The molecule has 0 radical (unpaired) electrons. The van der Waals surface area contributed by atoms with E-state index < -0.39 is 11.7 Å². The number of rotatable bonds is 4. The molecule has 3 aromatic rings. The number of urea groups is 1. The summed E-state index contributed by atoms with van der Waals surface area (Å²) in [6, 6.07) is 4.99. The zero-order valence-corrected chi connectivity index (χ0v) is 18.5. The Morgan fingerprint density at radius 2 is 1.81 bits per heavy atom. The van der Waals surface area contributed by atoms with Crippen molar-refractivity contribution in [1.29, 1.82) is 0 Å². The van der Waals surface area contributed by atoms with E-state index in [1.807, 2.05) is 33.2 Å². The quantitative estimate of drug-likeness (QED) is 0.582. The fraction of sp³-hybridized carbons (Fsp3) is 0.381. The number of aryl methyl sites for hydroxylation is 1. The third kappa shape index (κ3) is 5.91. The predicted molar refractivity (Wildman–Crippen MR) is 119 cm³/mol. The van der Waals surface area contributed by atoms with E-state index in [4.69, 9.17) is 4.74 Å². The first-order valence-corrected chi connectivity index (χ1v) is 9.88. The average Bonchev–Trinajstić information content (AvgIpc) is 3.05. The van der Waals surface area contributed by atoms with Crippen molar-refractivity contribution in [3.63, 3.8) is 0 Å². The fourth-order valence-corrected chi connectivity index (χ4v) is 2.88. The van der Waals surface area contributed by atoms with Gasteiger partial charge in [-0.1, -0.05) is 0 Å². The van der Waals surface area contributed by atoms with Crippen molar-refractivity contribution in [3.05, 3.63) is 30.6 Å². The van der Waals surface area contributed by atoms with E-state index in [1.165, 1.54) is 0 Å². The van der Waals surface area contributed by atoms with Gasteiger partial charge in [0.1, 0.15) is 11.1 Å². The predicted octanol–water partition coefficient (Wildman–Crippen LogP) is 3.91. The monoisotopic (exact) mass is 425 g/mol. The summed E-state index contributed by atoms with van der Waals surface area (Å²) in [5.41, 5.74) is 1.94. The van der Waals surface area contributed by atoms with E-state index in [2.05, 4.69) is 31.2 Å². The molecule has 3 N–H and O–H groups in total. The van der Waals surface area contributed by atoms with Crippen molar-refractivity contribution in [2.24, 2.45) is 7.05 Å². The molecule has 0 fully saturated rings. The first-order valence-electron chi connectivity index (χ1n) is 9.88. The Kier molecular flexibility index (Phi) is 6.09. The van der Waals surface area contributed by atoms with E-state index in [1.54, 1.807) is 43.8 Å². The number of amides is 3. The minimum Gasteiger partial charge on any atom is -0.444 e. The molecule has 10 nitrogen and oxygen atoms in total. The Labute approximate surface area is 180 Å². The zero-order chi connectivity index (χ0) is 22.8. The number of carbonyl (C=O) groups is 2. The van der Waals surface area contributed by atoms with Crippen LogP contribution in [-0.2, 0) is 11.8 Å². The average molecular weight is 425 g/mol. The van der Waals surface area contributed by atoms with Crippen LogP contribution < -0.4 is 16.0 Å². The van der Waals surface area contributed by atoms with Gasteiger partial charge < -0.3 is 10.1 Å². The second-order valence-corrected chi connectivity index (χ2v) is 8.47. The van der Waals surface area contributed by atoms with Crippen molar-refractivity contribution in [1.82, 2.24) is 25.3 Å². The Hall–Kier alpha value is -3.69. The van der Waals surface area contributed by atoms with Crippen LogP contribution in [0.2, 0.25) is 0 Å². The molecule has 0 saturated heterocycles. The lowest BCUT2D eigenvalue weighted by Crippen LogP contribution is -2.34. The molecule has 0 aliphatic heterocycles. The zero-order valence-electron chi connectivity index (χ0n) is 18.5. The third-order valence-corrected chi connectivity index (χ3v) is 4.02. The van der Waals surface area contributed by atoms with Gasteiger partial charge in [-0.05, 0) is 58.4 Å². The number of hydrogen-bond donors (Lipinski definition) is 3. The molecule has 0 aliphatic rings. The Balaban J connectivity index is 2.01. The van der Waals surface area contributed by atoms with Gasteiger partial charge in [0.25, 0.3) is 0 Å². The largest absolute Gasteiger partial charge is 0.444 e. The number of carbonyl (C=O) groups excluding carboxylic acids is 2. The van der Waals surface area contributed by atoms with Gasteiger partial charge in [0.2, 0.25) is 0 Å². The normalized spacial score (nSPS) is 11.5. The summed E-state index contributed by atoms with van der Waals surface area (Å²) in [6.07, 6.45) is 2.99. The summed E-state index contributed by atoms with van der Waals surface area (Å²) < 4.78 is 7.06. The van der Waals surface area contributed by atoms with Gasteiger partial charge in [-0.2, -0.15) is 5.10 Å². The van der Waals surface area contributed by atoms with E-state index in [-0.39, 0.29) is 17.9 Å². The molecule has 3 amide bonds. The van der Waals surface area contributed by atoms with Gasteiger partial charge in [0, 0.05) is 30.2 Å². The Morgan fingerprint density at radius 3 is 2.42 bits per heavy atom. The highest BCUT2D eigenvalue weighted by atomic mass is 16.6. The highest BCUT2D eigenvalue weighted by Crippen LogP contribution is 2.31. The summed E-state index contributed by atoms with van der Waals surface area (Å²) in [5, 5.41) is 21.3. The third-order valence-electron chi connectivity index (χ3n) is 4.02. The van der Waals surface area contributed by atoms with Crippen LogP contribution in [0.25, 0.3) is 22.0 Å². The molecule has 0 bridgehead atoms. The number of hydrogen-bond acceptors (Lipinski definition) is 6. The van der Waals surface area contributed by atoms with E-state index in [0.29, 0.717) is 16.6 Å². The minimum absolute atomic E-state index is 0.0183. The molecular weight excluding hydrogens is 398 g/mol. The number of nitrogens with zero attached hydrogens (tertiary/aromatic N) is 4. The lowest BCUT2D eigenvalue weighted by molar-refractivity contribution is 0.0636. The van der Waals surface area contributed by atoms with Gasteiger partial charge >= 0.3 is 12.1 Å². The van der Waals surface area contributed by atoms with Crippen LogP contribution in [0.1, 0.15) is 34.6 Å². The van der Waals surface area contributed by atoms with Crippen LogP contribution in [0.3, 0.4) is 0 Å². The first-order chi connectivity index (χ1) is 14.5. The molecule has 0 atom stereocenters. The fourth-order valence-electron chi connectivity index (χ4n) is 2.88. The van der Waals surface area contributed by atoms with Crippen LogP contribution in [0.5, 0.6) is 0 Å². The maximum absolute atomic E-state index is 12.4. The first kappa shape index (κ1) is 22.0. The molecular formula is C21H27N7O3. The Morgan fingerprint density at radius 1 is 1.06 bits per heavy atom. The molecule has 0 spiro atoms. The number of anilines is 2. The SMILES string of the molecule is CC(C)NC(=O)Nc1cc2cc(-c3cnn(C)c3)cc(NC(=O)OC(C)(C)C)c2nn1. The van der Waals surface area contributed by atoms with E-state index in [9.17, 15) is 9.59 Å². The molecule has 0 unspecified atom stereocenters. The lowest BCUT2D eigenvalue weighted by Gasteiger charge is -2.20. The maximum Gasteiger partial charge on any atom is 0.412 e. The number of ether oxygens (including phenoxy) is 1. The summed E-state index contributed by atoms with van der Waals surface area (Å²) >= 11 is 0. The number of benzene rings is 1. The second kappa shape index (κ2) is 8.58. The lowest BCUT2D eigenvalue weighted by atomic mass is 10.0. The number of aromatic nitrogens is 4. The molecule has 0 aliphatic carbocycles. The second-order valence-electron chi connectivity index (χ2n) is 8.47. The highest BCUT2D eigenvalue weighted by molar-refractivity contribution is 6.01. The summed E-state index contributed by atoms with van der Waals surface area (Å²) in [4.78, 5) is 24.4. The molecule has 164 valence electrons. The van der Waals surface area contributed by atoms with Gasteiger partial charge in [-0.15, -0.1) is 10.2 Å². The van der Waals surface area contributed by atoms with Crippen molar-refractivity contribution in [2.45, 2.75) is 46.3 Å². The van der Waals surface area contributed by atoms with Crippen molar-refractivity contribution in [2.75, 3.05) is 10.6 Å². The smallest absolute Gasteiger partial charge is 0.412 e. The van der Waals surface area contributed by atoms with E-state index in [0.717, 1.165) is 11.1 Å². The topological polar surface area (TPSA) is 123 Å². The van der Waals surface area contributed by atoms with Crippen molar-refractivity contribution in [3.8, 4) is 11.1 Å². The van der Waals surface area contributed by atoms with Crippen molar-refractivity contribution < 1.29 is 14.3 Å². The van der Waals surface area contributed by atoms with Gasteiger partial charge in [0.15, 0.2) is 5.82 Å². The van der Waals surface area contributed by atoms with Crippen LogP contribution in [0, 0.1) is 0 Å². The van der Waals surface area contributed by atoms with Crippen LogP contribution in [0.15, 0.2) is 30.6 Å². The standard InChI is InChI=1S/C21H27N7O3/c1-12(2)23-19(29)25-17-9-14-7-13(15-10-22-28(6)11-15)8-16(18(14)27-26-17)24-20(30)31-21(3,4)5/h7-12H,1-6H3,(H,24,30)(H2,23,25,26,29). The van der Waals surface area contributed by atoms with Crippen molar-refractivity contribution >= 4 is 34.5 Å². The van der Waals surface area contributed by atoms with Crippen LogP contribution >= 0.6 is 0 Å². The molecule has 2 heterocycles. The minimum atomic E-state index is -0.645. The molecule has 1 aromatic carbocycles. The van der Waals surface area contributed by atoms with Gasteiger partial charge in [-0.25, -0.2) is 9.59 Å². The summed E-state index contributed by atoms with van der Waals surface area (Å²) in [6.45, 7) is 9.09. The van der Waals surface area contributed by atoms with Crippen LogP contribution in [0.4, 0.5) is 21.1 Å². The number of nitrogens with one attached hydrogen (secondary N) is 3. The molecule has 0 saturated carbocycles. The summed E-state index contributed by atoms with van der Waals surface area (Å²) in [7, 11) is 1.82. The van der Waals surface area contributed by atoms with E-state index >= 15 is 0 Å². The Bertz CT molecular complexity index is 1120. The molecule has 2 aromatic heterocycles. The molecule has 3 rings (SSSR count). The van der Waals surface area contributed by atoms with Crippen LogP contribution in [-0.4, -0.2) is 43.7 Å². The molecule has 10 heteroatoms. The van der Waals surface area contributed by atoms with Gasteiger partial charge in [-0.3, -0.25) is 15.3 Å². The highest BCUT2D eigenvalue weighted by Gasteiger charge is 2.19. The maximum atomic E-state index is 12.4.